The molecule has 1 saturated heterocycles. The molecule has 0 aromatic heterocycles. The molecule has 1 fully saturated rings. The Labute approximate surface area is 166 Å². The van der Waals surface area contributed by atoms with Crippen molar-refractivity contribution in [1.29, 1.82) is 0 Å². The van der Waals surface area contributed by atoms with Crippen LogP contribution in [0, 0.1) is 0 Å². The Morgan fingerprint density at radius 1 is 1.00 bits per heavy atom. The lowest BCUT2D eigenvalue weighted by Gasteiger charge is -2.29. The van der Waals surface area contributed by atoms with E-state index in [2.05, 4.69) is 12.2 Å². The Morgan fingerprint density at radius 3 is 2.21 bits per heavy atom. The molecule has 3 rings (SSSR count). The maximum atomic E-state index is 12.4. The van der Waals surface area contributed by atoms with Crippen LogP contribution >= 0.6 is 0 Å². The number of likely N-dealkylation sites (tertiary alicyclic amines) is 1. The van der Waals surface area contributed by atoms with Crippen molar-refractivity contribution in [2.45, 2.75) is 45.1 Å². The number of aliphatic hydroxyl groups is 1. The molecule has 1 aliphatic heterocycles. The van der Waals surface area contributed by atoms with Crippen LogP contribution in [0.3, 0.4) is 0 Å². The first-order valence-electron chi connectivity index (χ1n) is 10.00. The molecule has 0 aliphatic carbocycles. The SMILES string of the molecule is CCCc1ccc(C(=O)Nc2ccc(CC(=O)N3CCC(O)CC3)cc2)cc1. The lowest BCUT2D eigenvalue weighted by atomic mass is 10.1. The van der Waals surface area contributed by atoms with Crippen LogP contribution in [0.5, 0.6) is 0 Å². The number of benzene rings is 2. The number of aliphatic hydroxyl groups excluding tert-OH is 1. The second kappa shape index (κ2) is 9.51. The van der Waals surface area contributed by atoms with Gasteiger partial charge in [-0.3, -0.25) is 9.59 Å². The van der Waals surface area contributed by atoms with Gasteiger partial charge in [0.25, 0.3) is 5.91 Å². The topological polar surface area (TPSA) is 69.6 Å². The summed E-state index contributed by atoms with van der Waals surface area (Å²) in [5, 5.41) is 12.4. The highest BCUT2D eigenvalue weighted by atomic mass is 16.3. The van der Waals surface area contributed by atoms with Crippen LogP contribution in [0.25, 0.3) is 0 Å². The normalized spacial score (nSPS) is 14.7. The number of piperidine rings is 1. The van der Waals surface area contributed by atoms with Crippen molar-refractivity contribution in [3.05, 3.63) is 65.2 Å². The van der Waals surface area contributed by atoms with Crippen LogP contribution in [-0.4, -0.2) is 41.0 Å². The van der Waals surface area contributed by atoms with E-state index in [0.29, 0.717) is 43.6 Å². The van der Waals surface area contributed by atoms with Crippen molar-refractivity contribution < 1.29 is 14.7 Å². The van der Waals surface area contributed by atoms with Crippen molar-refractivity contribution in [3.63, 3.8) is 0 Å². The quantitative estimate of drug-likeness (QED) is 0.807. The molecule has 2 amide bonds. The van der Waals surface area contributed by atoms with Gasteiger partial charge in [0.1, 0.15) is 0 Å². The molecular weight excluding hydrogens is 352 g/mol. The minimum Gasteiger partial charge on any atom is -0.393 e. The molecular formula is C23H28N2O3. The van der Waals surface area contributed by atoms with Crippen LogP contribution in [0.4, 0.5) is 5.69 Å². The summed E-state index contributed by atoms with van der Waals surface area (Å²) in [7, 11) is 0. The summed E-state index contributed by atoms with van der Waals surface area (Å²) in [6, 6.07) is 15.1. The van der Waals surface area contributed by atoms with E-state index in [1.807, 2.05) is 53.4 Å². The maximum Gasteiger partial charge on any atom is 0.255 e. The van der Waals surface area contributed by atoms with Gasteiger partial charge < -0.3 is 15.3 Å². The van der Waals surface area contributed by atoms with E-state index in [9.17, 15) is 14.7 Å². The van der Waals surface area contributed by atoms with Gasteiger partial charge in [-0.2, -0.15) is 0 Å². The molecule has 2 N–H and O–H groups in total. The summed E-state index contributed by atoms with van der Waals surface area (Å²) in [6.45, 7) is 3.37. The van der Waals surface area contributed by atoms with Gasteiger partial charge in [0, 0.05) is 24.3 Å². The van der Waals surface area contributed by atoms with E-state index >= 15 is 0 Å². The molecule has 5 nitrogen and oxygen atoms in total. The maximum absolute atomic E-state index is 12.4. The van der Waals surface area contributed by atoms with Gasteiger partial charge in [-0.1, -0.05) is 37.6 Å². The van der Waals surface area contributed by atoms with E-state index in [-0.39, 0.29) is 17.9 Å². The summed E-state index contributed by atoms with van der Waals surface area (Å²) in [5.74, 6) is -0.0606. The number of hydrogen-bond acceptors (Lipinski definition) is 3. The van der Waals surface area contributed by atoms with Gasteiger partial charge in [0.2, 0.25) is 5.91 Å². The second-order valence-corrected chi connectivity index (χ2v) is 7.39. The average molecular weight is 380 g/mol. The van der Waals surface area contributed by atoms with Crippen molar-refractivity contribution >= 4 is 17.5 Å². The highest BCUT2D eigenvalue weighted by Gasteiger charge is 2.21. The molecule has 0 atom stereocenters. The summed E-state index contributed by atoms with van der Waals surface area (Å²) < 4.78 is 0. The summed E-state index contributed by atoms with van der Waals surface area (Å²) in [5.41, 5.74) is 3.49. The number of anilines is 1. The molecule has 5 heteroatoms. The number of amides is 2. The number of aryl methyl sites for hydroxylation is 1. The summed E-state index contributed by atoms with van der Waals surface area (Å²) in [6.07, 6.45) is 3.45. The fourth-order valence-corrected chi connectivity index (χ4v) is 3.42. The molecule has 1 heterocycles. The zero-order valence-electron chi connectivity index (χ0n) is 16.4. The molecule has 148 valence electrons. The number of nitrogens with one attached hydrogen (secondary N) is 1. The number of hydrogen-bond donors (Lipinski definition) is 2. The van der Waals surface area contributed by atoms with E-state index in [0.717, 1.165) is 18.4 Å². The second-order valence-electron chi connectivity index (χ2n) is 7.39. The first-order valence-corrected chi connectivity index (χ1v) is 10.00. The predicted octanol–water partition coefficient (Wildman–Crippen LogP) is 3.42. The highest BCUT2D eigenvalue weighted by Crippen LogP contribution is 2.15. The minimum atomic E-state index is -0.283. The van der Waals surface area contributed by atoms with Crippen LogP contribution in [0.2, 0.25) is 0 Å². The van der Waals surface area contributed by atoms with Crippen molar-refractivity contribution in [2.24, 2.45) is 0 Å². The highest BCUT2D eigenvalue weighted by molar-refractivity contribution is 6.04. The van der Waals surface area contributed by atoms with Gasteiger partial charge in [-0.05, 0) is 54.7 Å². The van der Waals surface area contributed by atoms with Gasteiger partial charge in [0.05, 0.1) is 12.5 Å². The molecule has 0 unspecified atom stereocenters. The average Bonchev–Trinajstić information content (AvgIpc) is 2.70. The number of rotatable bonds is 6. The van der Waals surface area contributed by atoms with E-state index < -0.39 is 0 Å². The van der Waals surface area contributed by atoms with Crippen LogP contribution < -0.4 is 5.32 Å². The third kappa shape index (κ3) is 5.42. The third-order valence-electron chi connectivity index (χ3n) is 5.14. The molecule has 0 spiro atoms. The van der Waals surface area contributed by atoms with E-state index in [1.54, 1.807) is 0 Å². The summed E-state index contributed by atoms with van der Waals surface area (Å²) >= 11 is 0. The van der Waals surface area contributed by atoms with Gasteiger partial charge in [0.15, 0.2) is 0 Å². The van der Waals surface area contributed by atoms with Gasteiger partial charge >= 0.3 is 0 Å². The molecule has 0 saturated carbocycles. The number of carbonyl (C=O) groups excluding carboxylic acids is 2. The Hall–Kier alpha value is -2.66. The van der Waals surface area contributed by atoms with Crippen molar-refractivity contribution in [2.75, 3.05) is 18.4 Å². The summed E-state index contributed by atoms with van der Waals surface area (Å²) in [4.78, 5) is 26.6. The monoisotopic (exact) mass is 380 g/mol. The zero-order chi connectivity index (χ0) is 19.9. The van der Waals surface area contributed by atoms with Crippen LogP contribution in [0.1, 0.15) is 47.7 Å². The largest absolute Gasteiger partial charge is 0.393 e. The predicted molar refractivity (Wildman–Crippen MR) is 110 cm³/mol. The van der Waals surface area contributed by atoms with E-state index in [4.69, 9.17) is 0 Å². The molecule has 2 aromatic carbocycles. The van der Waals surface area contributed by atoms with Crippen molar-refractivity contribution in [3.8, 4) is 0 Å². The molecule has 1 aliphatic rings. The Morgan fingerprint density at radius 2 is 1.61 bits per heavy atom. The Kier molecular flexibility index (Phi) is 6.82. The zero-order valence-corrected chi connectivity index (χ0v) is 16.4. The van der Waals surface area contributed by atoms with Gasteiger partial charge in [-0.15, -0.1) is 0 Å². The van der Waals surface area contributed by atoms with Crippen LogP contribution in [0.15, 0.2) is 48.5 Å². The smallest absolute Gasteiger partial charge is 0.255 e. The Balaban J connectivity index is 1.53. The molecule has 0 bridgehead atoms. The number of carbonyl (C=O) groups is 2. The molecule has 0 radical (unpaired) electrons. The van der Waals surface area contributed by atoms with E-state index in [1.165, 1.54) is 5.56 Å². The lowest BCUT2D eigenvalue weighted by Crippen LogP contribution is -2.40. The first kappa shape index (κ1) is 20.1. The lowest BCUT2D eigenvalue weighted by molar-refractivity contribution is -0.132. The van der Waals surface area contributed by atoms with Crippen LogP contribution in [-0.2, 0) is 17.6 Å². The fourth-order valence-electron chi connectivity index (χ4n) is 3.42. The molecule has 2 aromatic rings. The fraction of sp³-hybridized carbons (Fsp3) is 0.391. The molecule has 28 heavy (non-hydrogen) atoms. The van der Waals surface area contributed by atoms with Crippen molar-refractivity contribution in [1.82, 2.24) is 4.90 Å². The first-order chi connectivity index (χ1) is 13.5. The third-order valence-corrected chi connectivity index (χ3v) is 5.14. The number of nitrogens with zero attached hydrogens (tertiary/aromatic N) is 1. The Bertz CT molecular complexity index is 792. The standard InChI is InChI=1S/C23H28N2O3/c1-2-3-17-4-8-19(9-5-17)23(28)24-20-10-6-18(7-11-20)16-22(27)25-14-12-21(26)13-15-25/h4-11,21,26H,2-3,12-16H2,1H3,(H,24,28). The van der Waals surface area contributed by atoms with Gasteiger partial charge in [-0.25, -0.2) is 0 Å². The minimum absolute atomic E-state index is 0.0795.